The number of aliphatic hydroxyl groups excluding tert-OH is 1. The van der Waals surface area contributed by atoms with Crippen molar-refractivity contribution in [2.45, 2.75) is 13.3 Å². The molecule has 0 atom stereocenters. The number of aromatic nitrogens is 1. The molecule has 0 aromatic carbocycles. The topological polar surface area (TPSA) is 36.4 Å². The zero-order valence-electron chi connectivity index (χ0n) is 9.12. The smallest absolute Gasteiger partial charge is 0.186 e. The lowest BCUT2D eigenvalue weighted by atomic mass is 10.2. The van der Waals surface area contributed by atoms with Gasteiger partial charge in [0.25, 0.3) is 0 Å². The highest BCUT2D eigenvalue weighted by molar-refractivity contribution is 7.17. The summed E-state index contributed by atoms with van der Waals surface area (Å²) in [6.07, 6.45) is 2.73. The predicted octanol–water partition coefficient (Wildman–Crippen LogP) is 2.65. The van der Waals surface area contributed by atoms with Crippen molar-refractivity contribution in [2.75, 3.05) is 25.6 Å². The zero-order chi connectivity index (χ0) is 11.4. The van der Waals surface area contributed by atoms with Gasteiger partial charge in [0.05, 0.1) is 11.5 Å². The van der Waals surface area contributed by atoms with Crippen molar-refractivity contribution in [2.24, 2.45) is 0 Å². The van der Waals surface area contributed by atoms with E-state index in [1.54, 1.807) is 0 Å². The molecule has 1 rings (SSSR count). The molecular weight excluding hydrogens is 232 g/mol. The van der Waals surface area contributed by atoms with Crippen molar-refractivity contribution < 1.29 is 5.11 Å². The van der Waals surface area contributed by atoms with Gasteiger partial charge in [0.2, 0.25) is 0 Å². The maximum atomic E-state index is 9.06. The molecule has 0 aliphatic rings. The Hall–Kier alpha value is -0.580. The van der Waals surface area contributed by atoms with Crippen LogP contribution in [0.25, 0.3) is 6.08 Å². The van der Waals surface area contributed by atoms with Crippen molar-refractivity contribution in [3.63, 3.8) is 0 Å². The van der Waals surface area contributed by atoms with Gasteiger partial charge in [0, 0.05) is 14.1 Å². The average molecular weight is 247 g/mol. The van der Waals surface area contributed by atoms with E-state index >= 15 is 0 Å². The quantitative estimate of drug-likeness (QED) is 0.888. The average Bonchev–Trinajstić information content (AvgIpc) is 2.56. The van der Waals surface area contributed by atoms with Gasteiger partial charge in [-0.3, -0.25) is 0 Å². The van der Waals surface area contributed by atoms with Crippen LogP contribution >= 0.6 is 22.9 Å². The lowest BCUT2D eigenvalue weighted by molar-refractivity contribution is 0.329. The van der Waals surface area contributed by atoms with Crippen LogP contribution in [0.15, 0.2) is 5.57 Å². The lowest BCUT2D eigenvalue weighted by Crippen LogP contribution is -2.07. The van der Waals surface area contributed by atoms with E-state index in [9.17, 15) is 0 Å². The van der Waals surface area contributed by atoms with Crippen molar-refractivity contribution in [3.05, 3.63) is 15.6 Å². The Kier molecular flexibility index (Phi) is 4.57. The fraction of sp³-hybridized carbons (Fsp3) is 0.500. The molecular formula is C10H15ClN2OS. The number of aliphatic hydroxyl groups is 1. The molecule has 1 aromatic rings. The van der Waals surface area contributed by atoms with E-state index in [0.29, 0.717) is 5.15 Å². The van der Waals surface area contributed by atoms with E-state index in [4.69, 9.17) is 16.7 Å². The van der Waals surface area contributed by atoms with Crippen LogP contribution < -0.4 is 4.90 Å². The molecule has 0 bridgehead atoms. The largest absolute Gasteiger partial charge is 0.392 e. The number of halogens is 1. The molecule has 0 aliphatic carbocycles. The first kappa shape index (κ1) is 12.5. The molecule has 0 fully saturated rings. The van der Waals surface area contributed by atoms with Crippen molar-refractivity contribution in [3.8, 4) is 0 Å². The Labute approximate surface area is 99.0 Å². The van der Waals surface area contributed by atoms with E-state index in [-0.39, 0.29) is 6.61 Å². The fourth-order valence-electron chi connectivity index (χ4n) is 1.03. The van der Waals surface area contributed by atoms with Gasteiger partial charge in [-0.25, -0.2) is 4.98 Å². The van der Waals surface area contributed by atoms with Crippen LogP contribution in [-0.2, 0) is 0 Å². The summed E-state index contributed by atoms with van der Waals surface area (Å²) in [5.74, 6) is 0. The Bertz CT molecular complexity index is 354. The third-order valence-electron chi connectivity index (χ3n) is 1.97. The second-order valence-electron chi connectivity index (χ2n) is 3.36. The number of hydrogen-bond acceptors (Lipinski definition) is 4. The van der Waals surface area contributed by atoms with Crippen LogP contribution in [0.4, 0.5) is 5.13 Å². The van der Waals surface area contributed by atoms with E-state index in [0.717, 1.165) is 22.0 Å². The first-order chi connectivity index (χ1) is 7.08. The van der Waals surface area contributed by atoms with Gasteiger partial charge in [-0.1, -0.05) is 29.9 Å². The highest BCUT2D eigenvalue weighted by atomic mass is 35.5. The third kappa shape index (κ3) is 3.19. The molecule has 1 heterocycles. The van der Waals surface area contributed by atoms with E-state index < -0.39 is 0 Å². The lowest BCUT2D eigenvalue weighted by Gasteiger charge is -2.04. The van der Waals surface area contributed by atoms with Crippen LogP contribution in [0.3, 0.4) is 0 Å². The molecule has 0 aliphatic heterocycles. The van der Waals surface area contributed by atoms with Crippen LogP contribution in [0.1, 0.15) is 18.2 Å². The molecule has 0 spiro atoms. The van der Waals surface area contributed by atoms with Crippen LogP contribution in [-0.4, -0.2) is 30.8 Å². The summed E-state index contributed by atoms with van der Waals surface area (Å²) in [5.41, 5.74) is 0.964. The minimum absolute atomic E-state index is 0.0715. The number of thiazole rings is 1. The van der Waals surface area contributed by atoms with Crippen LogP contribution in [0.5, 0.6) is 0 Å². The van der Waals surface area contributed by atoms with Crippen LogP contribution in [0.2, 0.25) is 5.15 Å². The second-order valence-corrected chi connectivity index (χ2v) is 4.73. The molecule has 15 heavy (non-hydrogen) atoms. The Morgan fingerprint density at radius 1 is 1.60 bits per heavy atom. The standard InChI is InChI=1S/C10H15ClN2OS/c1-4-7(6-14)5-8-9(11)12-10(15-8)13(2)3/h5,14H,4,6H2,1-3H3. The van der Waals surface area contributed by atoms with Gasteiger partial charge in [0.1, 0.15) is 5.15 Å². The van der Waals surface area contributed by atoms with Gasteiger partial charge >= 0.3 is 0 Å². The summed E-state index contributed by atoms with van der Waals surface area (Å²) in [6.45, 7) is 2.08. The van der Waals surface area contributed by atoms with E-state index in [1.807, 2.05) is 32.0 Å². The van der Waals surface area contributed by atoms with Crippen molar-refractivity contribution in [1.29, 1.82) is 0 Å². The Morgan fingerprint density at radius 3 is 2.67 bits per heavy atom. The molecule has 84 valence electrons. The third-order valence-corrected chi connectivity index (χ3v) is 3.54. The predicted molar refractivity (Wildman–Crippen MR) is 66.8 cm³/mol. The van der Waals surface area contributed by atoms with E-state index in [2.05, 4.69) is 4.98 Å². The van der Waals surface area contributed by atoms with Gasteiger partial charge in [0.15, 0.2) is 5.13 Å². The maximum absolute atomic E-state index is 9.06. The summed E-state index contributed by atoms with van der Waals surface area (Å²) in [7, 11) is 3.85. The highest BCUT2D eigenvalue weighted by Gasteiger charge is 2.09. The maximum Gasteiger partial charge on any atom is 0.186 e. The fourth-order valence-corrected chi connectivity index (χ4v) is 2.20. The zero-order valence-corrected chi connectivity index (χ0v) is 10.7. The van der Waals surface area contributed by atoms with Crippen molar-refractivity contribution >= 4 is 34.1 Å². The molecule has 0 amide bonds. The molecule has 3 nitrogen and oxygen atoms in total. The van der Waals surface area contributed by atoms with Crippen LogP contribution in [0, 0.1) is 0 Å². The molecule has 1 aromatic heterocycles. The summed E-state index contributed by atoms with van der Waals surface area (Å²) < 4.78 is 0. The van der Waals surface area contributed by atoms with Gasteiger partial charge < -0.3 is 10.0 Å². The number of rotatable bonds is 4. The van der Waals surface area contributed by atoms with E-state index in [1.165, 1.54) is 11.3 Å². The minimum Gasteiger partial charge on any atom is -0.392 e. The first-order valence-electron chi connectivity index (χ1n) is 4.72. The number of hydrogen-bond donors (Lipinski definition) is 1. The Balaban J connectivity index is 2.99. The van der Waals surface area contributed by atoms with Gasteiger partial charge in [-0.05, 0) is 18.1 Å². The molecule has 0 radical (unpaired) electrons. The summed E-state index contributed by atoms with van der Waals surface area (Å²) in [4.78, 5) is 7.04. The monoisotopic (exact) mass is 246 g/mol. The highest BCUT2D eigenvalue weighted by Crippen LogP contribution is 2.30. The number of nitrogens with zero attached hydrogens (tertiary/aromatic N) is 2. The van der Waals surface area contributed by atoms with Crippen molar-refractivity contribution in [1.82, 2.24) is 4.98 Å². The molecule has 0 saturated carbocycles. The molecule has 0 saturated heterocycles. The number of anilines is 1. The Morgan fingerprint density at radius 2 is 2.27 bits per heavy atom. The SMILES string of the molecule is CCC(=Cc1sc(N(C)C)nc1Cl)CO. The second kappa shape index (κ2) is 5.49. The molecule has 0 unspecified atom stereocenters. The van der Waals surface area contributed by atoms with Gasteiger partial charge in [-0.15, -0.1) is 0 Å². The van der Waals surface area contributed by atoms with Gasteiger partial charge in [-0.2, -0.15) is 0 Å². The summed E-state index contributed by atoms with van der Waals surface area (Å²) >= 11 is 7.52. The molecule has 1 N–H and O–H groups in total. The molecule has 5 heteroatoms. The normalized spacial score (nSPS) is 11.9. The minimum atomic E-state index is 0.0715. The summed E-state index contributed by atoms with van der Waals surface area (Å²) in [6, 6.07) is 0. The first-order valence-corrected chi connectivity index (χ1v) is 5.91. The summed E-state index contributed by atoms with van der Waals surface area (Å²) in [5, 5.41) is 10.4.